The van der Waals surface area contributed by atoms with Crippen LogP contribution >= 0.6 is 43.5 Å². The smallest absolute Gasteiger partial charge is 0.156 e. The molecule has 0 aliphatic heterocycles. The van der Waals surface area contributed by atoms with Crippen LogP contribution < -0.4 is 10.1 Å². The summed E-state index contributed by atoms with van der Waals surface area (Å²) in [4.78, 5) is 0. The average Bonchev–Trinajstić information content (AvgIpc) is 2.45. The van der Waals surface area contributed by atoms with Crippen LogP contribution in [0.4, 0.5) is 5.69 Å². The van der Waals surface area contributed by atoms with Crippen molar-refractivity contribution in [3.05, 3.63) is 55.9 Å². The quantitative estimate of drug-likeness (QED) is 0.586. The van der Waals surface area contributed by atoms with E-state index >= 15 is 0 Å². The number of nitrogens with one attached hydrogen (secondary N) is 1. The second-order valence-electron chi connectivity index (χ2n) is 4.63. The normalized spacial score (nSPS) is 12.0. The van der Waals surface area contributed by atoms with Crippen LogP contribution in [0.5, 0.6) is 5.75 Å². The molecule has 0 spiro atoms. The van der Waals surface area contributed by atoms with Crippen LogP contribution in [0.15, 0.2) is 45.3 Å². The van der Waals surface area contributed by atoms with Gasteiger partial charge >= 0.3 is 0 Å². The number of hydrogen-bond donors (Lipinski definition) is 1. The fourth-order valence-electron chi connectivity index (χ4n) is 2.18. The van der Waals surface area contributed by atoms with Gasteiger partial charge in [-0.25, -0.2) is 0 Å². The molecule has 0 bridgehead atoms. The molecule has 0 aromatic heterocycles. The van der Waals surface area contributed by atoms with Crippen LogP contribution in [0, 0.1) is 0 Å². The third-order valence-corrected chi connectivity index (χ3v) is 4.56. The first kappa shape index (κ1) is 16.7. The molecule has 2 aromatic rings. The molecular weight excluding hydrogens is 417 g/mol. The number of ether oxygens (including phenoxy) is 1. The van der Waals surface area contributed by atoms with Crippen molar-refractivity contribution in [2.45, 2.75) is 19.4 Å². The first-order valence-electron chi connectivity index (χ1n) is 6.60. The van der Waals surface area contributed by atoms with E-state index in [1.807, 2.05) is 24.3 Å². The van der Waals surface area contributed by atoms with Crippen LogP contribution in [0.25, 0.3) is 0 Å². The molecule has 0 aliphatic carbocycles. The summed E-state index contributed by atoms with van der Waals surface area (Å²) in [5.74, 6) is 0.759. The maximum atomic E-state index is 6.14. The summed E-state index contributed by atoms with van der Waals surface area (Å²) >= 11 is 13.1. The number of anilines is 1. The summed E-state index contributed by atoms with van der Waals surface area (Å²) in [6.45, 7) is 2.14. The van der Waals surface area contributed by atoms with Crippen molar-refractivity contribution in [3.8, 4) is 5.75 Å². The minimum absolute atomic E-state index is 0.192. The van der Waals surface area contributed by atoms with Crippen molar-refractivity contribution in [2.75, 3.05) is 12.4 Å². The van der Waals surface area contributed by atoms with Gasteiger partial charge in [0.25, 0.3) is 0 Å². The van der Waals surface area contributed by atoms with E-state index in [1.165, 1.54) is 5.56 Å². The van der Waals surface area contributed by atoms with Gasteiger partial charge in [0.2, 0.25) is 0 Å². The Morgan fingerprint density at radius 3 is 2.43 bits per heavy atom. The minimum atomic E-state index is 0.192. The van der Waals surface area contributed by atoms with E-state index in [1.54, 1.807) is 7.11 Å². The van der Waals surface area contributed by atoms with Gasteiger partial charge in [-0.3, -0.25) is 0 Å². The van der Waals surface area contributed by atoms with E-state index in [0.717, 1.165) is 26.8 Å². The molecule has 0 aliphatic rings. The van der Waals surface area contributed by atoms with Crippen LogP contribution in [0.1, 0.15) is 24.9 Å². The Kier molecular flexibility index (Phi) is 5.97. The molecule has 1 N–H and O–H groups in total. The Balaban J connectivity index is 2.32. The molecule has 0 saturated heterocycles. The SMILES string of the molecule is CCC(Nc1cc(Cl)cc(Br)c1OC)c1ccc(Br)cc1. The molecule has 0 amide bonds. The van der Waals surface area contributed by atoms with Gasteiger partial charge in [0, 0.05) is 9.50 Å². The number of benzene rings is 2. The Morgan fingerprint density at radius 1 is 1.19 bits per heavy atom. The van der Waals surface area contributed by atoms with Crippen LogP contribution in [-0.4, -0.2) is 7.11 Å². The highest BCUT2D eigenvalue weighted by Crippen LogP contribution is 2.38. The summed E-state index contributed by atoms with van der Waals surface area (Å²) in [5.41, 5.74) is 2.10. The van der Waals surface area contributed by atoms with Gasteiger partial charge in [-0.1, -0.05) is 46.6 Å². The highest BCUT2D eigenvalue weighted by atomic mass is 79.9. The monoisotopic (exact) mass is 431 g/mol. The lowest BCUT2D eigenvalue weighted by atomic mass is 10.0. The molecule has 0 heterocycles. The molecular formula is C16H16Br2ClNO. The molecule has 21 heavy (non-hydrogen) atoms. The summed E-state index contributed by atoms with van der Waals surface area (Å²) in [5, 5.41) is 4.17. The lowest BCUT2D eigenvalue weighted by Gasteiger charge is -2.21. The molecule has 0 fully saturated rings. The first-order valence-corrected chi connectivity index (χ1v) is 8.56. The number of hydrogen-bond acceptors (Lipinski definition) is 2. The Labute approximate surface area is 147 Å². The third-order valence-electron chi connectivity index (χ3n) is 3.22. The van der Waals surface area contributed by atoms with E-state index in [4.69, 9.17) is 16.3 Å². The Hall–Kier alpha value is -0.710. The standard InChI is InChI=1S/C16H16Br2ClNO/c1-3-14(10-4-6-11(17)7-5-10)20-15-9-12(19)8-13(18)16(15)21-2/h4-9,14,20H,3H2,1-2H3. The van der Waals surface area contributed by atoms with Crippen LogP contribution in [-0.2, 0) is 0 Å². The molecule has 1 unspecified atom stereocenters. The van der Waals surface area contributed by atoms with Crippen LogP contribution in [0.3, 0.4) is 0 Å². The van der Waals surface area contributed by atoms with Gasteiger partial charge < -0.3 is 10.1 Å². The molecule has 112 valence electrons. The maximum absolute atomic E-state index is 6.14. The summed E-state index contributed by atoms with van der Waals surface area (Å²) in [6, 6.07) is 12.2. The summed E-state index contributed by atoms with van der Waals surface area (Å²) < 4.78 is 7.37. The van der Waals surface area contributed by atoms with Gasteiger partial charge in [0.15, 0.2) is 5.75 Å². The second-order valence-corrected chi connectivity index (χ2v) is 6.83. The van der Waals surface area contributed by atoms with E-state index < -0.39 is 0 Å². The number of methoxy groups -OCH3 is 1. The fourth-order valence-corrected chi connectivity index (χ4v) is 3.42. The lowest BCUT2D eigenvalue weighted by Crippen LogP contribution is -2.10. The zero-order chi connectivity index (χ0) is 15.4. The van der Waals surface area contributed by atoms with Crippen molar-refractivity contribution in [2.24, 2.45) is 0 Å². The highest BCUT2D eigenvalue weighted by molar-refractivity contribution is 9.10. The van der Waals surface area contributed by atoms with E-state index in [0.29, 0.717) is 5.02 Å². The number of halogens is 3. The minimum Gasteiger partial charge on any atom is -0.493 e. The summed E-state index contributed by atoms with van der Waals surface area (Å²) in [6.07, 6.45) is 0.953. The van der Waals surface area contributed by atoms with Crippen molar-refractivity contribution < 1.29 is 4.74 Å². The largest absolute Gasteiger partial charge is 0.493 e. The predicted octanol–water partition coefficient (Wildman–Crippen LogP) is 6.44. The zero-order valence-electron chi connectivity index (χ0n) is 11.8. The first-order chi connectivity index (χ1) is 10.0. The average molecular weight is 434 g/mol. The Morgan fingerprint density at radius 2 is 1.86 bits per heavy atom. The molecule has 2 nitrogen and oxygen atoms in total. The fraction of sp³-hybridized carbons (Fsp3) is 0.250. The molecule has 0 radical (unpaired) electrons. The second kappa shape index (κ2) is 7.52. The maximum Gasteiger partial charge on any atom is 0.156 e. The van der Waals surface area contributed by atoms with Crippen molar-refractivity contribution in [1.82, 2.24) is 0 Å². The van der Waals surface area contributed by atoms with Crippen molar-refractivity contribution in [1.29, 1.82) is 0 Å². The number of rotatable bonds is 5. The Bertz CT molecular complexity index is 616. The lowest BCUT2D eigenvalue weighted by molar-refractivity contribution is 0.413. The van der Waals surface area contributed by atoms with Gasteiger partial charge in [0.05, 0.1) is 23.3 Å². The topological polar surface area (TPSA) is 21.3 Å². The van der Waals surface area contributed by atoms with Crippen LogP contribution in [0.2, 0.25) is 5.02 Å². The van der Waals surface area contributed by atoms with Crippen molar-refractivity contribution >= 4 is 49.1 Å². The van der Waals surface area contributed by atoms with Gasteiger partial charge in [0.1, 0.15) is 0 Å². The van der Waals surface area contributed by atoms with E-state index in [9.17, 15) is 0 Å². The zero-order valence-corrected chi connectivity index (χ0v) is 15.7. The predicted molar refractivity (Wildman–Crippen MR) is 96.5 cm³/mol. The van der Waals surface area contributed by atoms with Gasteiger partial charge in [-0.05, 0) is 52.2 Å². The van der Waals surface area contributed by atoms with Gasteiger partial charge in [-0.15, -0.1) is 0 Å². The summed E-state index contributed by atoms with van der Waals surface area (Å²) in [7, 11) is 1.65. The molecule has 2 aromatic carbocycles. The third kappa shape index (κ3) is 4.15. The van der Waals surface area contributed by atoms with Gasteiger partial charge in [-0.2, -0.15) is 0 Å². The molecule has 2 rings (SSSR count). The van der Waals surface area contributed by atoms with E-state index in [-0.39, 0.29) is 6.04 Å². The van der Waals surface area contributed by atoms with E-state index in [2.05, 4.69) is 56.2 Å². The molecule has 0 saturated carbocycles. The van der Waals surface area contributed by atoms with Crippen molar-refractivity contribution in [3.63, 3.8) is 0 Å². The molecule has 5 heteroatoms. The molecule has 1 atom stereocenters. The highest BCUT2D eigenvalue weighted by Gasteiger charge is 2.14.